The van der Waals surface area contributed by atoms with Gasteiger partial charge in [-0.05, 0) is 12.5 Å². The molecule has 1 N–H and O–H groups in total. The van der Waals surface area contributed by atoms with E-state index in [4.69, 9.17) is 60.7 Å². The molecule has 8 heteroatoms. The van der Waals surface area contributed by atoms with Crippen molar-refractivity contribution in [3.05, 3.63) is 45.0 Å². The lowest BCUT2D eigenvalue weighted by Gasteiger charge is -2.12. The second kappa shape index (κ2) is 11.7. The number of hydrogen-bond donors (Lipinski definition) is 1. The van der Waals surface area contributed by atoms with Crippen LogP contribution in [0.4, 0.5) is 0 Å². The van der Waals surface area contributed by atoms with Gasteiger partial charge in [-0.2, -0.15) is 0 Å². The average molecular weight is 401 g/mol. The Hall–Kier alpha value is -0.780. The highest BCUT2D eigenvalue weighted by atomic mass is 35.5. The molecule has 0 saturated carbocycles. The van der Waals surface area contributed by atoms with Gasteiger partial charge in [-0.25, -0.2) is 0 Å². The monoisotopic (exact) mass is 399 g/mol. The number of nitrogens with one attached hydrogen (secondary N) is 1. The second-order valence-corrected chi connectivity index (χ2v) is 5.97. The highest BCUT2D eigenvalue weighted by Gasteiger charge is 2.10. The fourth-order valence-corrected chi connectivity index (χ4v) is 2.12. The van der Waals surface area contributed by atoms with Crippen molar-refractivity contribution in [2.75, 3.05) is 19.8 Å². The minimum absolute atomic E-state index is 0.129. The van der Waals surface area contributed by atoms with E-state index in [0.29, 0.717) is 28.2 Å². The van der Waals surface area contributed by atoms with E-state index in [1.165, 1.54) is 6.08 Å². The van der Waals surface area contributed by atoms with E-state index < -0.39 is 0 Å². The molecular weight excluding hydrogens is 384 g/mol. The second-order valence-electron chi connectivity index (χ2n) is 4.15. The molecule has 128 valence electrons. The van der Waals surface area contributed by atoms with Gasteiger partial charge < -0.3 is 9.47 Å². The van der Waals surface area contributed by atoms with Gasteiger partial charge in [0.2, 0.25) is 0 Å². The Bertz CT molecular complexity index is 523. The Kier molecular flexibility index (Phi) is 10.3. The summed E-state index contributed by atoms with van der Waals surface area (Å²) >= 11 is 23.3. The van der Waals surface area contributed by atoms with Crippen LogP contribution in [0.15, 0.2) is 35.0 Å². The first kappa shape index (κ1) is 20.3. The quantitative estimate of drug-likeness (QED) is 0.414. The summed E-state index contributed by atoms with van der Waals surface area (Å²) < 4.78 is 11.0. The highest BCUT2D eigenvalue weighted by Crippen LogP contribution is 2.36. The maximum Gasteiger partial charge on any atom is 0.156 e. The largest absolute Gasteiger partial charge is 0.489 e. The smallest absolute Gasteiger partial charge is 0.156 e. The molecule has 0 aliphatic heterocycles. The molecule has 0 aliphatic carbocycles. The molecule has 0 amide bonds. The van der Waals surface area contributed by atoms with Gasteiger partial charge in [0.1, 0.15) is 30.1 Å². The van der Waals surface area contributed by atoms with E-state index >= 15 is 0 Å². The summed E-state index contributed by atoms with van der Waals surface area (Å²) in [5, 5.41) is 0.680. The molecule has 4 nitrogen and oxygen atoms in total. The molecule has 1 aromatic carbocycles. The van der Waals surface area contributed by atoms with E-state index in [2.05, 4.69) is 5.48 Å². The van der Waals surface area contributed by atoms with Gasteiger partial charge in [0.15, 0.2) is 5.75 Å². The Morgan fingerprint density at radius 1 is 1.13 bits per heavy atom. The molecule has 0 aromatic heterocycles. The van der Waals surface area contributed by atoms with Gasteiger partial charge in [0, 0.05) is 18.3 Å². The third-order valence-corrected chi connectivity index (χ3v) is 3.27. The van der Waals surface area contributed by atoms with Gasteiger partial charge in [-0.3, -0.25) is 10.3 Å². The maximum atomic E-state index is 6.13. The lowest BCUT2D eigenvalue weighted by atomic mass is 10.3. The predicted octanol–water partition coefficient (Wildman–Crippen LogP) is 5.51. The van der Waals surface area contributed by atoms with Crippen molar-refractivity contribution in [1.82, 2.24) is 5.48 Å². The predicted molar refractivity (Wildman–Crippen MR) is 95.8 cm³/mol. The fourth-order valence-electron chi connectivity index (χ4n) is 1.42. The fraction of sp³-hybridized carbons (Fsp3) is 0.333. The lowest BCUT2D eigenvalue weighted by Crippen LogP contribution is -2.14. The van der Waals surface area contributed by atoms with Gasteiger partial charge in [-0.1, -0.05) is 59.4 Å². The normalized spacial score (nSPS) is 10.7. The van der Waals surface area contributed by atoms with Crippen molar-refractivity contribution < 1.29 is 14.3 Å². The van der Waals surface area contributed by atoms with Crippen LogP contribution in [0.25, 0.3) is 0 Å². The summed E-state index contributed by atoms with van der Waals surface area (Å²) in [5.41, 5.74) is 2.67. The van der Waals surface area contributed by atoms with E-state index in [9.17, 15) is 0 Å². The number of benzene rings is 1. The molecule has 0 unspecified atom stereocenters. The molecule has 0 aliphatic rings. The van der Waals surface area contributed by atoms with Crippen LogP contribution in [-0.2, 0) is 4.84 Å². The zero-order valence-corrected chi connectivity index (χ0v) is 15.5. The summed E-state index contributed by atoms with van der Waals surface area (Å²) in [6.07, 6.45) is 6.08. The van der Waals surface area contributed by atoms with Crippen molar-refractivity contribution >= 4 is 46.4 Å². The van der Waals surface area contributed by atoms with E-state index in [0.717, 1.165) is 6.42 Å². The molecule has 1 rings (SSSR count). The zero-order valence-electron chi connectivity index (χ0n) is 12.5. The Labute approximate surface area is 155 Å². The number of hydrogen-bond acceptors (Lipinski definition) is 4. The Morgan fingerprint density at radius 2 is 1.83 bits per heavy atom. The van der Waals surface area contributed by atoms with Gasteiger partial charge in [0.25, 0.3) is 0 Å². The topological polar surface area (TPSA) is 39.7 Å². The molecule has 0 bridgehead atoms. The third-order valence-electron chi connectivity index (χ3n) is 2.40. The highest BCUT2D eigenvalue weighted by molar-refractivity contribution is 6.55. The molecule has 23 heavy (non-hydrogen) atoms. The molecular formula is C15H17Cl4NO3. The van der Waals surface area contributed by atoms with Gasteiger partial charge in [-0.15, -0.1) is 0 Å². The van der Waals surface area contributed by atoms with Crippen LogP contribution in [0.5, 0.6) is 11.5 Å². The number of rotatable bonds is 10. The third kappa shape index (κ3) is 8.58. The van der Waals surface area contributed by atoms with Crippen LogP contribution in [0.1, 0.15) is 13.3 Å². The Morgan fingerprint density at radius 3 is 2.43 bits per heavy atom. The number of halogens is 4. The number of ether oxygens (including phenoxy) is 2. The SMILES string of the molecule is CCC=CNOCCOc1c(Cl)cc(OCC=C(Cl)Cl)cc1Cl. The van der Waals surface area contributed by atoms with Gasteiger partial charge >= 0.3 is 0 Å². The van der Waals surface area contributed by atoms with Gasteiger partial charge in [0.05, 0.1) is 10.0 Å². The minimum atomic E-state index is 0.129. The first-order valence-electron chi connectivity index (χ1n) is 6.82. The maximum absolute atomic E-state index is 6.13. The number of allylic oxidation sites excluding steroid dienone is 1. The molecule has 0 fully saturated rings. The summed E-state index contributed by atoms with van der Waals surface area (Å²) in [6.45, 7) is 2.86. The molecule has 0 heterocycles. The molecule has 0 radical (unpaired) electrons. The van der Waals surface area contributed by atoms with Crippen molar-refractivity contribution in [2.24, 2.45) is 0 Å². The molecule has 0 spiro atoms. The summed E-state index contributed by atoms with van der Waals surface area (Å²) in [4.78, 5) is 5.13. The molecule has 0 saturated heterocycles. The zero-order chi connectivity index (χ0) is 17.1. The number of hydroxylamine groups is 1. The minimum Gasteiger partial charge on any atom is -0.489 e. The van der Waals surface area contributed by atoms with Crippen LogP contribution in [0, 0.1) is 0 Å². The van der Waals surface area contributed by atoms with Crippen LogP contribution in [-0.4, -0.2) is 19.8 Å². The van der Waals surface area contributed by atoms with Crippen LogP contribution in [0.2, 0.25) is 10.0 Å². The van der Waals surface area contributed by atoms with Crippen molar-refractivity contribution in [3.63, 3.8) is 0 Å². The molecule has 0 atom stereocenters. The lowest BCUT2D eigenvalue weighted by molar-refractivity contribution is 0.0479. The average Bonchev–Trinajstić information content (AvgIpc) is 2.48. The van der Waals surface area contributed by atoms with E-state index in [-0.39, 0.29) is 17.7 Å². The summed E-state index contributed by atoms with van der Waals surface area (Å²) in [6, 6.07) is 3.20. The van der Waals surface area contributed by atoms with Crippen molar-refractivity contribution in [3.8, 4) is 11.5 Å². The van der Waals surface area contributed by atoms with Crippen LogP contribution < -0.4 is 15.0 Å². The summed E-state index contributed by atoms with van der Waals surface area (Å²) in [7, 11) is 0. The summed E-state index contributed by atoms with van der Waals surface area (Å²) in [5.74, 6) is 0.861. The van der Waals surface area contributed by atoms with Crippen molar-refractivity contribution in [2.45, 2.75) is 13.3 Å². The van der Waals surface area contributed by atoms with Crippen LogP contribution >= 0.6 is 46.4 Å². The van der Waals surface area contributed by atoms with Crippen molar-refractivity contribution in [1.29, 1.82) is 0 Å². The molecule has 1 aromatic rings. The Balaban J connectivity index is 2.47. The first-order valence-corrected chi connectivity index (χ1v) is 8.34. The van der Waals surface area contributed by atoms with E-state index in [1.54, 1.807) is 18.3 Å². The standard InChI is InChI=1S/C15H17Cl4NO3/c1-2-3-5-20-23-8-7-22-15-12(16)9-11(10-13(15)17)21-6-4-14(18)19/h3-5,9-10,20H,2,6-8H2,1H3. The van der Waals surface area contributed by atoms with Crippen LogP contribution in [0.3, 0.4) is 0 Å². The van der Waals surface area contributed by atoms with E-state index in [1.807, 2.05) is 13.0 Å². The first-order chi connectivity index (χ1) is 11.0.